The van der Waals surface area contributed by atoms with Gasteiger partial charge in [-0.15, -0.1) is 0 Å². The quantitative estimate of drug-likeness (QED) is 0.634. The van der Waals surface area contributed by atoms with Gasteiger partial charge in [-0.25, -0.2) is 0 Å². The maximum Gasteiger partial charge on any atom is 0.133 e. The third-order valence-electron chi connectivity index (χ3n) is 2.69. The Hall–Kier alpha value is -1.51. The van der Waals surface area contributed by atoms with Crippen molar-refractivity contribution in [2.75, 3.05) is 13.2 Å². The van der Waals surface area contributed by atoms with E-state index < -0.39 is 0 Å². The molecular formula is C16H13Br2NO2. The zero-order chi connectivity index (χ0) is 15.1. The SMILES string of the molecule is N#Cc1ccc(OCCCOc2ccc(Br)cc2Br)cc1. The summed E-state index contributed by atoms with van der Waals surface area (Å²) in [7, 11) is 0. The summed E-state index contributed by atoms with van der Waals surface area (Å²) in [5, 5.41) is 8.71. The Morgan fingerprint density at radius 3 is 2.33 bits per heavy atom. The van der Waals surface area contributed by atoms with Gasteiger partial charge in [-0.2, -0.15) is 5.26 Å². The molecule has 0 radical (unpaired) electrons. The van der Waals surface area contributed by atoms with Gasteiger partial charge in [0.05, 0.1) is 29.3 Å². The maximum atomic E-state index is 8.71. The first-order valence-electron chi connectivity index (χ1n) is 6.40. The van der Waals surface area contributed by atoms with Gasteiger partial charge >= 0.3 is 0 Å². The second-order valence-corrected chi connectivity index (χ2v) is 6.03. The van der Waals surface area contributed by atoms with Crippen LogP contribution in [0.1, 0.15) is 12.0 Å². The summed E-state index contributed by atoms with van der Waals surface area (Å²) in [6.45, 7) is 1.15. The second kappa shape index (κ2) is 8.06. The summed E-state index contributed by atoms with van der Waals surface area (Å²) >= 11 is 6.85. The molecule has 0 atom stereocenters. The fraction of sp³-hybridized carbons (Fsp3) is 0.188. The highest BCUT2D eigenvalue weighted by Crippen LogP contribution is 2.28. The number of hydrogen-bond donors (Lipinski definition) is 0. The second-order valence-electron chi connectivity index (χ2n) is 4.26. The molecule has 2 rings (SSSR count). The molecule has 0 heterocycles. The maximum absolute atomic E-state index is 8.71. The van der Waals surface area contributed by atoms with Gasteiger partial charge in [-0.1, -0.05) is 15.9 Å². The van der Waals surface area contributed by atoms with Crippen LogP contribution < -0.4 is 9.47 Å². The molecule has 21 heavy (non-hydrogen) atoms. The standard InChI is InChI=1S/C16H13Br2NO2/c17-13-4-7-16(15(18)10-13)21-9-1-8-20-14-5-2-12(11-19)3-6-14/h2-7,10H,1,8-9H2. The van der Waals surface area contributed by atoms with E-state index in [0.29, 0.717) is 18.8 Å². The van der Waals surface area contributed by atoms with Crippen molar-refractivity contribution in [2.45, 2.75) is 6.42 Å². The monoisotopic (exact) mass is 409 g/mol. The Balaban J connectivity index is 1.71. The minimum Gasteiger partial charge on any atom is -0.493 e. The molecule has 0 aliphatic heterocycles. The van der Waals surface area contributed by atoms with E-state index in [0.717, 1.165) is 26.9 Å². The number of rotatable bonds is 6. The van der Waals surface area contributed by atoms with E-state index >= 15 is 0 Å². The lowest BCUT2D eigenvalue weighted by Crippen LogP contribution is -2.05. The third kappa shape index (κ3) is 5.07. The van der Waals surface area contributed by atoms with Crippen LogP contribution >= 0.6 is 31.9 Å². The minimum atomic E-state index is 0.569. The van der Waals surface area contributed by atoms with E-state index in [2.05, 4.69) is 37.9 Å². The largest absolute Gasteiger partial charge is 0.493 e. The van der Waals surface area contributed by atoms with Crippen molar-refractivity contribution in [3.63, 3.8) is 0 Å². The lowest BCUT2D eigenvalue weighted by atomic mass is 10.2. The molecule has 0 unspecified atom stereocenters. The molecule has 0 spiro atoms. The molecule has 2 aromatic carbocycles. The molecule has 0 aliphatic carbocycles. The molecule has 0 N–H and O–H groups in total. The van der Waals surface area contributed by atoms with Crippen molar-refractivity contribution < 1.29 is 9.47 Å². The Morgan fingerprint density at radius 2 is 1.67 bits per heavy atom. The van der Waals surface area contributed by atoms with Crippen LogP contribution in [0.3, 0.4) is 0 Å². The fourth-order valence-corrected chi connectivity index (χ4v) is 2.81. The number of nitriles is 1. The average molecular weight is 411 g/mol. The zero-order valence-electron chi connectivity index (χ0n) is 11.2. The molecule has 0 bridgehead atoms. The zero-order valence-corrected chi connectivity index (χ0v) is 14.4. The van der Waals surface area contributed by atoms with Crippen molar-refractivity contribution in [2.24, 2.45) is 0 Å². The van der Waals surface area contributed by atoms with E-state index in [9.17, 15) is 0 Å². The summed E-state index contributed by atoms with van der Waals surface area (Å²) < 4.78 is 13.2. The molecule has 5 heteroatoms. The summed E-state index contributed by atoms with van der Waals surface area (Å²) in [4.78, 5) is 0. The molecule has 0 amide bonds. The summed E-state index contributed by atoms with van der Waals surface area (Å²) in [5.74, 6) is 1.58. The summed E-state index contributed by atoms with van der Waals surface area (Å²) in [6, 6.07) is 14.9. The van der Waals surface area contributed by atoms with E-state index in [1.54, 1.807) is 24.3 Å². The van der Waals surface area contributed by atoms with Crippen LogP contribution in [0.5, 0.6) is 11.5 Å². The van der Waals surface area contributed by atoms with Crippen LogP contribution in [0.4, 0.5) is 0 Å². The van der Waals surface area contributed by atoms with Gasteiger partial charge < -0.3 is 9.47 Å². The Bertz CT molecular complexity index is 636. The van der Waals surface area contributed by atoms with E-state index in [1.165, 1.54) is 0 Å². The first kappa shape index (κ1) is 15.9. The number of halogens is 2. The van der Waals surface area contributed by atoms with Gasteiger partial charge in [-0.3, -0.25) is 0 Å². The molecular weight excluding hydrogens is 398 g/mol. The third-order valence-corrected chi connectivity index (χ3v) is 3.81. The Kier molecular flexibility index (Phi) is 6.09. The number of nitrogens with zero attached hydrogens (tertiary/aromatic N) is 1. The van der Waals surface area contributed by atoms with Gasteiger partial charge in [0.1, 0.15) is 11.5 Å². The van der Waals surface area contributed by atoms with Crippen molar-refractivity contribution >= 4 is 31.9 Å². The normalized spacial score (nSPS) is 9.95. The van der Waals surface area contributed by atoms with Crippen LogP contribution in [0.2, 0.25) is 0 Å². The summed E-state index contributed by atoms with van der Waals surface area (Å²) in [6.07, 6.45) is 0.780. The van der Waals surface area contributed by atoms with Crippen LogP contribution in [0, 0.1) is 11.3 Å². The molecule has 0 fully saturated rings. The minimum absolute atomic E-state index is 0.569. The molecule has 0 aromatic heterocycles. The van der Waals surface area contributed by atoms with E-state index in [-0.39, 0.29) is 0 Å². The Labute approximate surface area is 140 Å². The van der Waals surface area contributed by atoms with Crippen molar-refractivity contribution in [1.82, 2.24) is 0 Å². The number of benzene rings is 2. The van der Waals surface area contributed by atoms with Crippen LogP contribution in [-0.2, 0) is 0 Å². The van der Waals surface area contributed by atoms with Gasteiger partial charge in [0, 0.05) is 10.9 Å². The number of ether oxygens (including phenoxy) is 2. The molecule has 0 saturated carbocycles. The predicted molar refractivity (Wildman–Crippen MR) is 88.6 cm³/mol. The highest BCUT2D eigenvalue weighted by atomic mass is 79.9. The summed E-state index contributed by atoms with van der Waals surface area (Å²) in [5.41, 5.74) is 0.630. The molecule has 2 aromatic rings. The Morgan fingerprint density at radius 1 is 0.952 bits per heavy atom. The van der Waals surface area contributed by atoms with Crippen LogP contribution in [0.25, 0.3) is 0 Å². The topological polar surface area (TPSA) is 42.2 Å². The van der Waals surface area contributed by atoms with Crippen molar-refractivity contribution in [3.05, 3.63) is 57.0 Å². The van der Waals surface area contributed by atoms with E-state index in [1.807, 2.05) is 18.2 Å². The molecule has 3 nitrogen and oxygen atoms in total. The predicted octanol–water partition coefficient (Wildman–Crippen LogP) is 4.93. The van der Waals surface area contributed by atoms with Gasteiger partial charge in [0.15, 0.2) is 0 Å². The first-order valence-corrected chi connectivity index (χ1v) is 7.98. The van der Waals surface area contributed by atoms with E-state index in [4.69, 9.17) is 14.7 Å². The molecule has 0 saturated heterocycles. The first-order chi connectivity index (χ1) is 10.2. The lowest BCUT2D eigenvalue weighted by Gasteiger charge is -2.09. The lowest BCUT2D eigenvalue weighted by molar-refractivity contribution is 0.246. The van der Waals surface area contributed by atoms with Crippen molar-refractivity contribution in [3.8, 4) is 17.6 Å². The smallest absolute Gasteiger partial charge is 0.133 e. The highest BCUT2D eigenvalue weighted by molar-refractivity contribution is 9.11. The van der Waals surface area contributed by atoms with Gasteiger partial charge in [-0.05, 0) is 58.4 Å². The van der Waals surface area contributed by atoms with Crippen LogP contribution in [-0.4, -0.2) is 13.2 Å². The van der Waals surface area contributed by atoms with Crippen LogP contribution in [0.15, 0.2) is 51.4 Å². The van der Waals surface area contributed by atoms with Crippen molar-refractivity contribution in [1.29, 1.82) is 5.26 Å². The molecule has 108 valence electrons. The number of hydrogen-bond acceptors (Lipinski definition) is 3. The average Bonchev–Trinajstić information content (AvgIpc) is 2.49. The molecule has 0 aliphatic rings. The van der Waals surface area contributed by atoms with Gasteiger partial charge in [0.25, 0.3) is 0 Å². The highest BCUT2D eigenvalue weighted by Gasteiger charge is 2.01. The van der Waals surface area contributed by atoms with Gasteiger partial charge in [0.2, 0.25) is 0 Å². The fourth-order valence-electron chi connectivity index (χ4n) is 1.65.